The van der Waals surface area contributed by atoms with E-state index in [1.54, 1.807) is 7.11 Å². The van der Waals surface area contributed by atoms with Crippen molar-refractivity contribution in [2.45, 2.75) is 25.9 Å². The van der Waals surface area contributed by atoms with Gasteiger partial charge in [0.05, 0.1) is 5.60 Å². The lowest BCUT2D eigenvalue weighted by Crippen LogP contribution is -2.22. The van der Waals surface area contributed by atoms with Gasteiger partial charge in [-0.05, 0) is 13.3 Å². The maximum atomic E-state index is 5.28. The van der Waals surface area contributed by atoms with E-state index in [9.17, 15) is 0 Å². The Balaban J connectivity index is 3.92. The van der Waals surface area contributed by atoms with Crippen molar-refractivity contribution < 1.29 is 4.74 Å². The van der Waals surface area contributed by atoms with Gasteiger partial charge < -0.3 is 4.74 Å². The summed E-state index contributed by atoms with van der Waals surface area (Å²) in [5.41, 5.74) is -0.0756. The van der Waals surface area contributed by atoms with Crippen molar-refractivity contribution in [1.82, 2.24) is 0 Å². The fourth-order valence-corrected chi connectivity index (χ4v) is 0.811. The molecule has 1 atom stereocenters. The van der Waals surface area contributed by atoms with E-state index in [-0.39, 0.29) is 5.60 Å². The molecule has 0 radical (unpaired) electrons. The van der Waals surface area contributed by atoms with E-state index in [0.29, 0.717) is 0 Å². The Labute approximate surface area is 71.6 Å². The summed E-state index contributed by atoms with van der Waals surface area (Å²) in [6, 6.07) is 0. The van der Waals surface area contributed by atoms with E-state index in [2.05, 4.69) is 41.9 Å². The first-order chi connectivity index (χ1) is 4.68. The Morgan fingerprint density at radius 2 is 2.20 bits per heavy atom. The van der Waals surface area contributed by atoms with Crippen molar-refractivity contribution in [3.05, 3.63) is 12.2 Å². The lowest BCUT2D eigenvalue weighted by molar-refractivity contribution is 0.0455. The van der Waals surface area contributed by atoms with Crippen LogP contribution in [0.1, 0.15) is 20.3 Å². The number of methoxy groups -OCH3 is 1. The van der Waals surface area contributed by atoms with Gasteiger partial charge in [-0.3, -0.25) is 0 Å². The van der Waals surface area contributed by atoms with Gasteiger partial charge in [-0.25, -0.2) is 0 Å². The quantitative estimate of drug-likeness (QED) is 0.508. The Kier molecular flexibility index (Phi) is 5.00. The van der Waals surface area contributed by atoms with Crippen molar-refractivity contribution in [3.8, 4) is 0 Å². The molecule has 0 aromatic rings. The van der Waals surface area contributed by atoms with Gasteiger partial charge in [0, 0.05) is 12.4 Å². The zero-order chi connectivity index (χ0) is 8.04. The molecule has 0 N–H and O–H groups in total. The van der Waals surface area contributed by atoms with Gasteiger partial charge in [0.25, 0.3) is 0 Å². The highest BCUT2D eigenvalue weighted by Gasteiger charge is 2.15. The number of halogens is 1. The third kappa shape index (κ3) is 3.37. The van der Waals surface area contributed by atoms with Gasteiger partial charge in [0.1, 0.15) is 0 Å². The number of allylic oxidation sites excluding steroid dienone is 1. The molecule has 0 spiro atoms. The lowest BCUT2D eigenvalue weighted by atomic mass is 10.0. The van der Waals surface area contributed by atoms with E-state index >= 15 is 0 Å². The Morgan fingerprint density at radius 1 is 1.60 bits per heavy atom. The summed E-state index contributed by atoms with van der Waals surface area (Å²) in [7, 11) is 1.74. The molecule has 0 saturated carbocycles. The molecule has 0 aromatic heterocycles. The van der Waals surface area contributed by atoms with E-state index in [1.807, 2.05) is 0 Å². The van der Waals surface area contributed by atoms with Crippen LogP contribution < -0.4 is 0 Å². The van der Waals surface area contributed by atoms with Crippen molar-refractivity contribution in [2.24, 2.45) is 0 Å². The molecule has 1 nitrogen and oxygen atoms in total. The van der Waals surface area contributed by atoms with Gasteiger partial charge in [-0.15, -0.1) is 0 Å². The number of hydrogen-bond acceptors (Lipinski definition) is 1. The monoisotopic (exact) mass is 206 g/mol. The highest BCUT2D eigenvalue weighted by molar-refractivity contribution is 9.09. The Bertz CT molecular complexity index is 106. The minimum absolute atomic E-state index is 0.0756. The summed E-state index contributed by atoms with van der Waals surface area (Å²) in [4.78, 5) is 0. The zero-order valence-electron chi connectivity index (χ0n) is 6.86. The number of hydrogen-bond donors (Lipinski definition) is 0. The molecule has 0 aromatic carbocycles. The van der Waals surface area contributed by atoms with E-state index < -0.39 is 0 Å². The average molecular weight is 207 g/mol. The van der Waals surface area contributed by atoms with Crippen molar-refractivity contribution in [3.63, 3.8) is 0 Å². The minimum Gasteiger partial charge on any atom is -0.374 e. The van der Waals surface area contributed by atoms with Gasteiger partial charge in [-0.2, -0.15) is 0 Å². The summed E-state index contributed by atoms with van der Waals surface area (Å²) in [6.07, 6.45) is 5.15. The summed E-state index contributed by atoms with van der Waals surface area (Å²) >= 11 is 3.32. The molecule has 2 heteroatoms. The maximum Gasteiger partial charge on any atom is 0.0828 e. The van der Waals surface area contributed by atoms with Gasteiger partial charge in [-0.1, -0.05) is 35.0 Å². The Morgan fingerprint density at radius 3 is 2.50 bits per heavy atom. The predicted molar refractivity (Wildman–Crippen MR) is 48.6 cm³/mol. The van der Waals surface area contributed by atoms with Gasteiger partial charge >= 0.3 is 0 Å². The van der Waals surface area contributed by atoms with Gasteiger partial charge in [0.2, 0.25) is 0 Å². The number of ether oxygens (including phenoxy) is 1. The first-order valence-electron chi connectivity index (χ1n) is 3.47. The van der Waals surface area contributed by atoms with E-state index in [1.165, 1.54) is 0 Å². The topological polar surface area (TPSA) is 9.23 Å². The Hall–Kier alpha value is 0.180. The molecule has 0 bridgehead atoms. The lowest BCUT2D eigenvalue weighted by Gasteiger charge is -2.21. The molecule has 0 saturated heterocycles. The second kappa shape index (κ2) is 4.91. The third-order valence-electron chi connectivity index (χ3n) is 1.73. The summed E-state index contributed by atoms with van der Waals surface area (Å²) in [5, 5.41) is 0.895. The van der Waals surface area contributed by atoms with Crippen LogP contribution in [0.2, 0.25) is 0 Å². The highest BCUT2D eigenvalue weighted by Crippen LogP contribution is 2.15. The highest BCUT2D eigenvalue weighted by atomic mass is 79.9. The van der Waals surface area contributed by atoms with Gasteiger partial charge in [0.15, 0.2) is 0 Å². The SMILES string of the molecule is CCC(C)(/C=C/CBr)OC. The average Bonchev–Trinajstić information content (AvgIpc) is 2.00. The standard InChI is InChI=1S/C8H15BrO/c1-4-8(2,10-3)6-5-7-9/h5-6H,4,7H2,1-3H3/b6-5+. The summed E-state index contributed by atoms with van der Waals surface area (Å²) < 4.78 is 5.28. The molecule has 0 aliphatic carbocycles. The smallest absolute Gasteiger partial charge is 0.0828 e. The third-order valence-corrected chi connectivity index (χ3v) is 2.10. The fraction of sp³-hybridized carbons (Fsp3) is 0.750. The molecule has 1 unspecified atom stereocenters. The van der Waals surface area contributed by atoms with Crippen LogP contribution in [0.3, 0.4) is 0 Å². The molecule has 0 amide bonds. The largest absolute Gasteiger partial charge is 0.374 e. The van der Waals surface area contributed by atoms with Crippen molar-refractivity contribution >= 4 is 15.9 Å². The zero-order valence-corrected chi connectivity index (χ0v) is 8.44. The predicted octanol–water partition coefficient (Wildman–Crippen LogP) is 2.75. The molecule has 10 heavy (non-hydrogen) atoms. The van der Waals surface area contributed by atoms with E-state index in [4.69, 9.17) is 4.74 Å². The number of rotatable bonds is 4. The van der Waals surface area contributed by atoms with Crippen molar-refractivity contribution in [1.29, 1.82) is 0 Å². The van der Waals surface area contributed by atoms with Crippen LogP contribution in [0, 0.1) is 0 Å². The molecule has 0 heterocycles. The van der Waals surface area contributed by atoms with Crippen LogP contribution >= 0.6 is 15.9 Å². The van der Waals surface area contributed by atoms with Crippen LogP contribution in [0.15, 0.2) is 12.2 Å². The molecule has 0 fully saturated rings. The molecule has 0 rings (SSSR count). The molecule has 0 aliphatic heterocycles. The van der Waals surface area contributed by atoms with Crippen LogP contribution in [0.5, 0.6) is 0 Å². The van der Waals surface area contributed by atoms with Crippen molar-refractivity contribution in [2.75, 3.05) is 12.4 Å². The molecule has 60 valence electrons. The minimum atomic E-state index is -0.0756. The molecular weight excluding hydrogens is 192 g/mol. The van der Waals surface area contributed by atoms with Crippen LogP contribution in [-0.4, -0.2) is 18.0 Å². The second-order valence-corrected chi connectivity index (χ2v) is 3.07. The second-order valence-electron chi connectivity index (χ2n) is 2.43. The first-order valence-corrected chi connectivity index (χ1v) is 4.59. The summed E-state index contributed by atoms with van der Waals surface area (Å²) in [5.74, 6) is 0. The normalized spacial score (nSPS) is 17.6. The number of alkyl halides is 1. The van der Waals surface area contributed by atoms with E-state index in [0.717, 1.165) is 11.8 Å². The fourth-order valence-electron chi connectivity index (χ4n) is 0.624. The summed E-state index contributed by atoms with van der Waals surface area (Å²) in [6.45, 7) is 4.19. The molecule has 0 aliphatic rings. The first kappa shape index (κ1) is 10.2. The molecular formula is C8H15BrO. The maximum absolute atomic E-state index is 5.28. The van der Waals surface area contributed by atoms with Crippen LogP contribution in [0.25, 0.3) is 0 Å². The van der Waals surface area contributed by atoms with Crippen LogP contribution in [-0.2, 0) is 4.74 Å². The van der Waals surface area contributed by atoms with Crippen LogP contribution in [0.4, 0.5) is 0 Å².